The Morgan fingerprint density at radius 3 is 2.25 bits per heavy atom. The summed E-state index contributed by atoms with van der Waals surface area (Å²) in [5.74, 6) is 0.275. The number of carbonyl (C=O) groups is 2. The predicted molar refractivity (Wildman–Crippen MR) is 82.2 cm³/mol. The third-order valence-corrected chi connectivity index (χ3v) is 4.00. The van der Waals surface area contributed by atoms with E-state index in [0.717, 1.165) is 27.6 Å². The molecule has 2 amide bonds. The highest BCUT2D eigenvalue weighted by Gasteiger charge is 2.33. The molecule has 0 atom stereocenters. The first kappa shape index (κ1) is 14.7. The van der Waals surface area contributed by atoms with Crippen molar-refractivity contribution in [2.24, 2.45) is 0 Å². The first-order valence-electron chi connectivity index (χ1n) is 6.37. The molecule has 0 saturated heterocycles. The van der Waals surface area contributed by atoms with Crippen molar-refractivity contribution in [3.8, 4) is 0 Å². The number of benzene rings is 1. The van der Waals surface area contributed by atoms with E-state index in [4.69, 9.17) is 0 Å². The SMILES string of the molecule is CSCc1cc(C)ccc1NN1C(=O)C(C)=C(C)C1=O. The molecule has 0 aromatic heterocycles. The molecule has 0 saturated carbocycles. The van der Waals surface area contributed by atoms with Crippen LogP contribution in [-0.2, 0) is 15.3 Å². The molecule has 0 aliphatic carbocycles. The van der Waals surface area contributed by atoms with Crippen LogP contribution in [0.4, 0.5) is 5.69 Å². The van der Waals surface area contributed by atoms with E-state index < -0.39 is 0 Å². The molecule has 0 spiro atoms. The molecule has 1 aliphatic heterocycles. The van der Waals surface area contributed by atoms with Gasteiger partial charge in [-0.1, -0.05) is 17.7 Å². The maximum atomic E-state index is 12.0. The van der Waals surface area contributed by atoms with Crippen molar-refractivity contribution < 1.29 is 9.59 Å². The van der Waals surface area contributed by atoms with E-state index in [9.17, 15) is 9.59 Å². The summed E-state index contributed by atoms with van der Waals surface area (Å²) in [6.07, 6.45) is 2.02. The Bertz CT molecular complexity index is 584. The minimum absolute atomic E-state index is 0.275. The number of rotatable bonds is 4. The van der Waals surface area contributed by atoms with Crippen molar-refractivity contribution in [2.75, 3.05) is 11.7 Å². The average molecular weight is 290 g/mol. The minimum atomic E-state index is -0.275. The topological polar surface area (TPSA) is 49.4 Å². The number of hydrogen-bond acceptors (Lipinski definition) is 4. The van der Waals surface area contributed by atoms with Gasteiger partial charge in [0.05, 0.1) is 5.69 Å². The summed E-state index contributed by atoms with van der Waals surface area (Å²) >= 11 is 1.70. The largest absolute Gasteiger partial charge is 0.288 e. The third kappa shape index (κ3) is 2.58. The standard InChI is InChI=1S/C15H18N2O2S/c1-9-5-6-13(12(7-9)8-20-4)16-17-14(18)10(2)11(3)15(17)19/h5-7,16H,8H2,1-4H3. The molecule has 0 radical (unpaired) electrons. The Balaban J connectivity index is 2.28. The van der Waals surface area contributed by atoms with Crippen molar-refractivity contribution in [3.05, 3.63) is 40.5 Å². The zero-order valence-corrected chi connectivity index (χ0v) is 12.9. The molecule has 0 bridgehead atoms. The maximum absolute atomic E-state index is 12.0. The quantitative estimate of drug-likeness (QED) is 0.866. The van der Waals surface area contributed by atoms with E-state index in [1.54, 1.807) is 25.6 Å². The van der Waals surface area contributed by atoms with Gasteiger partial charge in [0.25, 0.3) is 11.8 Å². The van der Waals surface area contributed by atoms with Crippen molar-refractivity contribution >= 4 is 29.3 Å². The van der Waals surface area contributed by atoms with E-state index in [-0.39, 0.29) is 11.8 Å². The van der Waals surface area contributed by atoms with Crippen LogP contribution in [0.2, 0.25) is 0 Å². The second-order valence-corrected chi connectivity index (χ2v) is 5.77. The summed E-state index contributed by atoms with van der Waals surface area (Å²) in [4.78, 5) is 24.1. The van der Waals surface area contributed by atoms with Crippen LogP contribution in [0.25, 0.3) is 0 Å². The highest BCUT2D eigenvalue weighted by molar-refractivity contribution is 7.97. The van der Waals surface area contributed by atoms with Gasteiger partial charge in [0.2, 0.25) is 0 Å². The molecule has 1 aromatic carbocycles. The lowest BCUT2D eigenvalue weighted by molar-refractivity contribution is -0.135. The fraction of sp³-hybridized carbons (Fsp3) is 0.333. The fourth-order valence-electron chi connectivity index (χ4n) is 2.08. The summed E-state index contributed by atoms with van der Waals surface area (Å²) in [5.41, 5.74) is 7.00. The molecule has 1 aromatic rings. The molecule has 4 nitrogen and oxygen atoms in total. The van der Waals surface area contributed by atoms with Crippen LogP contribution in [-0.4, -0.2) is 23.1 Å². The van der Waals surface area contributed by atoms with Gasteiger partial charge in [0.15, 0.2) is 0 Å². The van der Waals surface area contributed by atoms with Crippen LogP contribution < -0.4 is 5.43 Å². The van der Waals surface area contributed by atoms with Gasteiger partial charge in [-0.15, -0.1) is 0 Å². The van der Waals surface area contributed by atoms with Gasteiger partial charge in [-0.25, -0.2) is 0 Å². The van der Waals surface area contributed by atoms with Crippen molar-refractivity contribution in [2.45, 2.75) is 26.5 Å². The molecule has 0 fully saturated rings. The molecule has 20 heavy (non-hydrogen) atoms. The number of aryl methyl sites for hydroxylation is 1. The highest BCUT2D eigenvalue weighted by atomic mass is 32.2. The lowest BCUT2D eigenvalue weighted by Crippen LogP contribution is -2.37. The second-order valence-electron chi connectivity index (χ2n) is 4.90. The number of anilines is 1. The Labute approximate surface area is 123 Å². The van der Waals surface area contributed by atoms with Crippen molar-refractivity contribution in [1.82, 2.24) is 5.01 Å². The summed E-state index contributed by atoms with van der Waals surface area (Å²) in [6, 6.07) is 5.94. The van der Waals surface area contributed by atoms with Gasteiger partial charge < -0.3 is 0 Å². The fourth-order valence-corrected chi connectivity index (χ4v) is 2.63. The van der Waals surface area contributed by atoms with Gasteiger partial charge in [-0.2, -0.15) is 16.8 Å². The van der Waals surface area contributed by atoms with Crippen LogP contribution in [0, 0.1) is 6.92 Å². The number of imide groups is 1. The summed E-state index contributed by atoms with van der Waals surface area (Å²) in [6.45, 7) is 5.38. The van der Waals surface area contributed by atoms with Crippen LogP contribution in [0.1, 0.15) is 25.0 Å². The average Bonchev–Trinajstić information content (AvgIpc) is 2.59. The number of thioether (sulfide) groups is 1. The van der Waals surface area contributed by atoms with Crippen molar-refractivity contribution in [3.63, 3.8) is 0 Å². The normalized spacial score (nSPS) is 15.3. The van der Waals surface area contributed by atoms with E-state index in [0.29, 0.717) is 11.1 Å². The minimum Gasteiger partial charge on any atom is -0.288 e. The first-order valence-corrected chi connectivity index (χ1v) is 7.76. The van der Waals surface area contributed by atoms with Crippen LogP contribution >= 0.6 is 11.8 Å². The Morgan fingerprint density at radius 1 is 1.10 bits per heavy atom. The van der Waals surface area contributed by atoms with E-state index in [1.165, 1.54) is 0 Å². The predicted octanol–water partition coefficient (Wildman–Crippen LogP) is 2.89. The Hall–Kier alpha value is -1.75. The van der Waals surface area contributed by atoms with Gasteiger partial charge in [0.1, 0.15) is 0 Å². The number of carbonyl (C=O) groups excluding carboxylic acids is 2. The number of nitrogens with zero attached hydrogens (tertiary/aromatic N) is 1. The highest BCUT2D eigenvalue weighted by Crippen LogP contribution is 2.25. The van der Waals surface area contributed by atoms with Gasteiger partial charge >= 0.3 is 0 Å². The number of amides is 2. The summed E-state index contributed by atoms with van der Waals surface area (Å²) in [7, 11) is 0. The zero-order valence-electron chi connectivity index (χ0n) is 12.1. The van der Waals surface area contributed by atoms with Crippen LogP contribution in [0.3, 0.4) is 0 Å². The monoisotopic (exact) mass is 290 g/mol. The van der Waals surface area contributed by atoms with Crippen LogP contribution in [0.5, 0.6) is 0 Å². The van der Waals surface area contributed by atoms with Gasteiger partial charge in [-0.3, -0.25) is 15.0 Å². The first-order chi connectivity index (χ1) is 9.45. The number of nitrogens with one attached hydrogen (secondary N) is 1. The van der Waals surface area contributed by atoms with E-state index in [2.05, 4.69) is 11.5 Å². The van der Waals surface area contributed by atoms with E-state index >= 15 is 0 Å². The third-order valence-electron chi connectivity index (χ3n) is 3.40. The smallest absolute Gasteiger partial charge is 0.275 e. The molecular weight excluding hydrogens is 272 g/mol. The molecule has 106 valence electrons. The molecule has 1 heterocycles. The summed E-state index contributed by atoms with van der Waals surface area (Å²) < 4.78 is 0. The molecule has 0 unspecified atom stereocenters. The van der Waals surface area contributed by atoms with Gasteiger partial charge in [-0.05, 0) is 38.7 Å². The lowest BCUT2D eigenvalue weighted by atomic mass is 10.1. The lowest BCUT2D eigenvalue weighted by Gasteiger charge is -2.20. The Morgan fingerprint density at radius 2 is 1.70 bits per heavy atom. The molecular formula is C15H18N2O2S. The molecule has 1 N–H and O–H groups in total. The molecule has 5 heteroatoms. The van der Waals surface area contributed by atoms with Crippen molar-refractivity contribution in [1.29, 1.82) is 0 Å². The maximum Gasteiger partial charge on any atom is 0.275 e. The molecule has 1 aliphatic rings. The molecule has 2 rings (SSSR count). The number of hydrazine groups is 1. The zero-order chi connectivity index (χ0) is 14.9. The Kier molecular flexibility index (Phi) is 4.18. The van der Waals surface area contributed by atoms with Gasteiger partial charge in [0, 0.05) is 16.9 Å². The number of hydrogen-bond donors (Lipinski definition) is 1. The van der Waals surface area contributed by atoms with E-state index in [1.807, 2.05) is 25.3 Å². The second kappa shape index (κ2) is 5.71. The summed E-state index contributed by atoms with van der Waals surface area (Å²) in [5, 5.41) is 1.10. The van der Waals surface area contributed by atoms with Crippen LogP contribution in [0.15, 0.2) is 29.3 Å².